The fourth-order valence-electron chi connectivity index (χ4n) is 5.83. The number of nitrogens with zero attached hydrogens (tertiary/aromatic N) is 1. The zero-order chi connectivity index (χ0) is 20.7. The number of carbonyl (C=O) groups is 1. The van der Waals surface area contributed by atoms with Crippen molar-refractivity contribution in [2.75, 3.05) is 10.2 Å². The zero-order valence-corrected chi connectivity index (χ0v) is 18.2. The fourth-order valence-corrected chi connectivity index (χ4v) is 7.15. The molecule has 0 bridgehead atoms. The van der Waals surface area contributed by atoms with Gasteiger partial charge in [0.05, 0.1) is 5.69 Å². The Bertz CT molecular complexity index is 1180. The molecule has 4 heteroatoms. The van der Waals surface area contributed by atoms with Gasteiger partial charge in [0.1, 0.15) is 0 Å². The van der Waals surface area contributed by atoms with Gasteiger partial charge in [0, 0.05) is 27.1 Å². The highest BCUT2D eigenvalue weighted by atomic mass is 32.2. The lowest BCUT2D eigenvalue weighted by atomic mass is 9.65. The molecule has 1 N–H and O–H groups in total. The predicted molar refractivity (Wildman–Crippen MR) is 123 cm³/mol. The molecule has 2 atom stereocenters. The Morgan fingerprint density at radius 2 is 1.57 bits per heavy atom. The molecule has 1 amide bonds. The first kappa shape index (κ1) is 18.1. The second-order valence-corrected chi connectivity index (χ2v) is 10.7. The molecule has 0 saturated heterocycles. The molecular weight excluding hydrogens is 388 g/mol. The quantitative estimate of drug-likeness (QED) is 0.541. The van der Waals surface area contributed by atoms with E-state index in [0.29, 0.717) is 0 Å². The van der Waals surface area contributed by atoms with Crippen molar-refractivity contribution in [3.8, 4) is 0 Å². The molecule has 0 aromatic heterocycles. The standard InChI is InChI=1S/C26H24N2OS/c1-24(2)16-25(3,17-10-5-4-6-11-17)18-12-9-13-19-22(18)28(24)23(29)26(19)27-20-14-7-8-15-21(20)30-26/h4-15,27H,16H2,1-3H3/t25-,26-/m0/s1. The maximum atomic E-state index is 14.1. The van der Waals surface area contributed by atoms with Gasteiger partial charge < -0.3 is 10.2 Å². The van der Waals surface area contributed by atoms with Crippen LogP contribution in [0.3, 0.4) is 0 Å². The molecule has 3 heterocycles. The molecule has 3 aliphatic rings. The molecule has 0 unspecified atom stereocenters. The van der Waals surface area contributed by atoms with Gasteiger partial charge in [0.2, 0.25) is 0 Å². The summed E-state index contributed by atoms with van der Waals surface area (Å²) in [6.45, 7) is 6.74. The van der Waals surface area contributed by atoms with E-state index in [1.54, 1.807) is 11.8 Å². The van der Waals surface area contributed by atoms with Crippen LogP contribution in [0.25, 0.3) is 0 Å². The van der Waals surface area contributed by atoms with Gasteiger partial charge >= 0.3 is 0 Å². The third-order valence-corrected chi connectivity index (χ3v) is 8.38. The minimum absolute atomic E-state index is 0.145. The largest absolute Gasteiger partial charge is 0.358 e. The molecule has 0 aliphatic carbocycles. The summed E-state index contributed by atoms with van der Waals surface area (Å²) in [4.78, 5) is 16.5. The molecule has 1 spiro atoms. The minimum atomic E-state index is -0.783. The maximum absolute atomic E-state index is 14.1. The number of fused-ring (bicyclic) bond motifs is 2. The fraction of sp³-hybridized carbons (Fsp3) is 0.269. The molecule has 0 fully saturated rings. The molecule has 3 nitrogen and oxygen atoms in total. The number of nitrogens with one attached hydrogen (secondary N) is 1. The van der Waals surface area contributed by atoms with Crippen molar-refractivity contribution in [1.82, 2.24) is 0 Å². The molecule has 150 valence electrons. The van der Waals surface area contributed by atoms with Crippen LogP contribution >= 0.6 is 11.8 Å². The highest BCUT2D eigenvalue weighted by Crippen LogP contribution is 2.63. The van der Waals surface area contributed by atoms with Crippen LogP contribution in [0.5, 0.6) is 0 Å². The summed E-state index contributed by atoms with van der Waals surface area (Å²) >= 11 is 1.65. The summed E-state index contributed by atoms with van der Waals surface area (Å²) in [5, 5.41) is 3.61. The Kier molecular flexibility index (Phi) is 3.44. The number of hydrogen-bond acceptors (Lipinski definition) is 3. The Hall–Kier alpha value is -2.72. The Labute approximate surface area is 181 Å². The first-order chi connectivity index (χ1) is 14.4. The van der Waals surface area contributed by atoms with Crippen LogP contribution in [0.4, 0.5) is 11.4 Å². The molecule has 0 saturated carbocycles. The number of amides is 1. The number of para-hydroxylation sites is 2. The van der Waals surface area contributed by atoms with E-state index < -0.39 is 4.87 Å². The van der Waals surface area contributed by atoms with Crippen LogP contribution < -0.4 is 10.2 Å². The summed E-state index contributed by atoms with van der Waals surface area (Å²) in [7, 11) is 0. The normalized spacial score (nSPS) is 27.7. The van der Waals surface area contributed by atoms with Crippen LogP contribution in [0.15, 0.2) is 77.7 Å². The SMILES string of the molecule is CC1(C)C[C@@](C)(c2ccccc2)c2cccc3c2N1C(=O)[C@]31Nc2ccccc2S1. The lowest BCUT2D eigenvalue weighted by Gasteiger charge is -2.50. The molecular formula is C26H24N2OS. The van der Waals surface area contributed by atoms with Crippen LogP contribution in [-0.4, -0.2) is 11.4 Å². The van der Waals surface area contributed by atoms with Gasteiger partial charge in [0.25, 0.3) is 5.91 Å². The van der Waals surface area contributed by atoms with E-state index in [1.807, 2.05) is 12.1 Å². The van der Waals surface area contributed by atoms with Gasteiger partial charge in [-0.25, -0.2) is 0 Å². The third-order valence-electron chi connectivity index (χ3n) is 7.00. The maximum Gasteiger partial charge on any atom is 0.268 e. The Morgan fingerprint density at radius 1 is 0.867 bits per heavy atom. The topological polar surface area (TPSA) is 32.3 Å². The van der Waals surface area contributed by atoms with Gasteiger partial charge in [-0.05, 0) is 43.5 Å². The minimum Gasteiger partial charge on any atom is -0.358 e. The van der Waals surface area contributed by atoms with E-state index in [1.165, 1.54) is 11.1 Å². The van der Waals surface area contributed by atoms with E-state index in [2.05, 4.69) is 91.7 Å². The average Bonchev–Trinajstić information content (AvgIpc) is 3.24. The highest BCUT2D eigenvalue weighted by molar-refractivity contribution is 8.01. The lowest BCUT2D eigenvalue weighted by Crippen LogP contribution is -2.56. The lowest BCUT2D eigenvalue weighted by molar-refractivity contribution is -0.120. The van der Waals surface area contributed by atoms with E-state index in [4.69, 9.17) is 0 Å². The summed E-state index contributed by atoms with van der Waals surface area (Å²) in [6, 6.07) is 25.4. The summed E-state index contributed by atoms with van der Waals surface area (Å²) < 4.78 is 0. The summed E-state index contributed by atoms with van der Waals surface area (Å²) in [5.74, 6) is 0.145. The van der Waals surface area contributed by atoms with Gasteiger partial charge in [-0.3, -0.25) is 4.79 Å². The Morgan fingerprint density at radius 3 is 2.33 bits per heavy atom. The van der Waals surface area contributed by atoms with Crippen molar-refractivity contribution in [2.45, 2.75) is 47.9 Å². The number of benzene rings is 3. The monoisotopic (exact) mass is 412 g/mol. The predicted octanol–water partition coefficient (Wildman–Crippen LogP) is 5.89. The first-order valence-electron chi connectivity index (χ1n) is 10.5. The number of rotatable bonds is 1. The van der Waals surface area contributed by atoms with Crippen molar-refractivity contribution in [1.29, 1.82) is 0 Å². The average molecular weight is 413 g/mol. The van der Waals surface area contributed by atoms with Crippen LogP contribution in [0, 0.1) is 0 Å². The molecule has 3 aliphatic heterocycles. The van der Waals surface area contributed by atoms with Crippen LogP contribution in [0.1, 0.15) is 43.9 Å². The van der Waals surface area contributed by atoms with E-state index in [9.17, 15) is 4.79 Å². The molecule has 3 aromatic rings. The van der Waals surface area contributed by atoms with E-state index in [-0.39, 0.29) is 16.9 Å². The molecule has 3 aromatic carbocycles. The molecule has 6 rings (SSSR count). The van der Waals surface area contributed by atoms with Crippen LogP contribution in [-0.2, 0) is 15.1 Å². The van der Waals surface area contributed by atoms with Crippen LogP contribution in [0.2, 0.25) is 0 Å². The highest BCUT2D eigenvalue weighted by Gasteiger charge is 2.62. The van der Waals surface area contributed by atoms with E-state index >= 15 is 0 Å². The van der Waals surface area contributed by atoms with Gasteiger partial charge in [0.15, 0.2) is 4.87 Å². The zero-order valence-electron chi connectivity index (χ0n) is 17.4. The summed E-state index contributed by atoms with van der Waals surface area (Å²) in [6.07, 6.45) is 0.875. The smallest absolute Gasteiger partial charge is 0.268 e. The van der Waals surface area contributed by atoms with Crippen molar-refractivity contribution in [3.63, 3.8) is 0 Å². The second-order valence-electron chi connectivity index (χ2n) is 9.43. The number of thioether (sulfide) groups is 1. The van der Waals surface area contributed by atoms with Gasteiger partial charge in [-0.1, -0.05) is 79.3 Å². The third kappa shape index (κ3) is 2.10. The van der Waals surface area contributed by atoms with Crippen molar-refractivity contribution < 1.29 is 4.79 Å². The molecule has 30 heavy (non-hydrogen) atoms. The second kappa shape index (κ2) is 5.70. The van der Waals surface area contributed by atoms with E-state index in [0.717, 1.165) is 28.3 Å². The van der Waals surface area contributed by atoms with Gasteiger partial charge in [-0.15, -0.1) is 0 Å². The molecule has 0 radical (unpaired) electrons. The number of carbonyl (C=O) groups excluding carboxylic acids is 1. The van der Waals surface area contributed by atoms with Gasteiger partial charge in [-0.2, -0.15) is 0 Å². The number of anilines is 2. The summed E-state index contributed by atoms with van der Waals surface area (Å²) in [5.41, 5.74) is 5.31. The van der Waals surface area contributed by atoms with Crippen molar-refractivity contribution in [3.05, 3.63) is 89.5 Å². The van der Waals surface area contributed by atoms with Crippen molar-refractivity contribution in [2.24, 2.45) is 0 Å². The first-order valence-corrected chi connectivity index (χ1v) is 11.3. The number of hydrogen-bond donors (Lipinski definition) is 1. The van der Waals surface area contributed by atoms with Crippen molar-refractivity contribution >= 4 is 29.0 Å². The Balaban J connectivity index is 1.62.